The zero-order chi connectivity index (χ0) is 26.2. The third-order valence-corrected chi connectivity index (χ3v) is 6.14. The van der Waals surface area contributed by atoms with Gasteiger partial charge in [-0.2, -0.15) is 5.10 Å². The van der Waals surface area contributed by atoms with E-state index in [1.807, 2.05) is 45.9 Å². The van der Waals surface area contributed by atoms with E-state index in [-0.39, 0.29) is 12.5 Å². The Morgan fingerprint density at radius 1 is 1.06 bits per heavy atom. The Balaban J connectivity index is 1.59. The monoisotopic (exact) mass is 529 g/mol. The second-order valence-corrected chi connectivity index (χ2v) is 9.58. The molecule has 0 unspecified atom stereocenters. The van der Waals surface area contributed by atoms with Gasteiger partial charge in [-0.25, -0.2) is 5.43 Å². The maximum absolute atomic E-state index is 12.8. The summed E-state index contributed by atoms with van der Waals surface area (Å²) in [6, 6.07) is 13.7. The first-order valence-electron chi connectivity index (χ1n) is 11.5. The average molecular weight is 530 g/mol. The van der Waals surface area contributed by atoms with Crippen LogP contribution < -0.4 is 15.5 Å². The van der Waals surface area contributed by atoms with Gasteiger partial charge in [0.15, 0.2) is 6.61 Å². The number of nitrogens with zero attached hydrogens (tertiary/aromatic N) is 1. The second-order valence-electron chi connectivity index (χ2n) is 8.80. The Kier molecular flexibility index (Phi) is 9.56. The van der Waals surface area contributed by atoms with Crippen molar-refractivity contribution in [2.45, 2.75) is 40.2 Å². The molecular formula is C27H29Cl2N3O4. The van der Waals surface area contributed by atoms with Crippen LogP contribution in [-0.4, -0.2) is 30.7 Å². The van der Waals surface area contributed by atoms with Crippen LogP contribution in [0.4, 0.5) is 0 Å². The summed E-state index contributed by atoms with van der Waals surface area (Å²) < 4.78 is 11.4. The number of halogens is 2. The van der Waals surface area contributed by atoms with Crippen LogP contribution >= 0.6 is 23.2 Å². The van der Waals surface area contributed by atoms with E-state index < -0.39 is 17.9 Å². The predicted octanol–water partition coefficient (Wildman–Crippen LogP) is 5.93. The molecule has 2 amide bonds. The first-order chi connectivity index (χ1) is 17.2. The summed E-state index contributed by atoms with van der Waals surface area (Å²) in [5, 5.41) is 7.53. The molecule has 3 rings (SSSR count). The highest BCUT2D eigenvalue weighted by molar-refractivity contribution is 6.43. The van der Waals surface area contributed by atoms with Crippen molar-refractivity contribution in [3.63, 3.8) is 0 Å². The Hall–Kier alpha value is -3.29. The van der Waals surface area contributed by atoms with Gasteiger partial charge in [-0.05, 0) is 61.6 Å². The quantitative estimate of drug-likeness (QED) is 0.251. The molecule has 1 heterocycles. The number of ether oxygens (including phenoxy) is 1. The van der Waals surface area contributed by atoms with E-state index in [4.69, 9.17) is 32.4 Å². The molecule has 1 atom stereocenters. The highest BCUT2D eigenvalue weighted by Crippen LogP contribution is 2.34. The van der Waals surface area contributed by atoms with Gasteiger partial charge in [-0.3, -0.25) is 9.59 Å². The van der Waals surface area contributed by atoms with E-state index in [1.54, 1.807) is 30.3 Å². The molecule has 0 saturated carbocycles. The molecule has 1 aromatic heterocycles. The van der Waals surface area contributed by atoms with Crippen molar-refractivity contribution in [1.82, 2.24) is 10.7 Å². The molecule has 0 radical (unpaired) electrons. The molecule has 0 bridgehead atoms. The maximum Gasteiger partial charge on any atom is 0.262 e. The van der Waals surface area contributed by atoms with Crippen molar-refractivity contribution < 1.29 is 18.7 Å². The van der Waals surface area contributed by atoms with Crippen LogP contribution in [0.2, 0.25) is 10.0 Å². The number of benzene rings is 2. The normalized spacial score (nSPS) is 12.1. The summed E-state index contributed by atoms with van der Waals surface area (Å²) in [6.45, 7) is 7.57. The van der Waals surface area contributed by atoms with Crippen molar-refractivity contribution in [1.29, 1.82) is 0 Å². The van der Waals surface area contributed by atoms with Crippen LogP contribution in [0.15, 0.2) is 58.0 Å². The summed E-state index contributed by atoms with van der Waals surface area (Å²) in [7, 11) is 0. The molecular weight excluding hydrogens is 501 g/mol. The Morgan fingerprint density at radius 3 is 2.44 bits per heavy atom. The number of nitrogens with one attached hydrogen (secondary N) is 2. The average Bonchev–Trinajstić information content (AvgIpc) is 3.28. The van der Waals surface area contributed by atoms with Gasteiger partial charge in [-0.15, -0.1) is 0 Å². The Labute approximate surface area is 220 Å². The molecule has 0 aliphatic carbocycles. The van der Waals surface area contributed by atoms with Crippen LogP contribution in [0.1, 0.15) is 37.2 Å². The Bertz CT molecular complexity index is 1230. The fourth-order valence-corrected chi connectivity index (χ4v) is 4.00. The van der Waals surface area contributed by atoms with E-state index in [9.17, 15) is 9.59 Å². The number of hydrogen-bond acceptors (Lipinski definition) is 5. The number of amides is 2. The number of para-hydroxylation sites is 1. The zero-order valence-corrected chi connectivity index (χ0v) is 22.1. The van der Waals surface area contributed by atoms with Gasteiger partial charge in [0.25, 0.3) is 11.8 Å². The van der Waals surface area contributed by atoms with E-state index in [2.05, 4.69) is 15.8 Å². The molecule has 2 aromatic carbocycles. The van der Waals surface area contributed by atoms with Gasteiger partial charge in [-0.1, -0.05) is 61.3 Å². The van der Waals surface area contributed by atoms with Crippen molar-refractivity contribution in [2.24, 2.45) is 11.0 Å². The van der Waals surface area contributed by atoms with Gasteiger partial charge < -0.3 is 14.5 Å². The highest BCUT2D eigenvalue weighted by atomic mass is 35.5. The lowest BCUT2D eigenvalue weighted by atomic mass is 10.0. The van der Waals surface area contributed by atoms with Gasteiger partial charge in [0.1, 0.15) is 23.3 Å². The van der Waals surface area contributed by atoms with E-state index in [0.717, 1.165) is 11.1 Å². The van der Waals surface area contributed by atoms with Crippen LogP contribution in [0.3, 0.4) is 0 Å². The zero-order valence-electron chi connectivity index (χ0n) is 20.6. The highest BCUT2D eigenvalue weighted by Gasteiger charge is 2.22. The summed E-state index contributed by atoms with van der Waals surface area (Å²) in [5.41, 5.74) is 4.99. The molecule has 0 fully saturated rings. The maximum atomic E-state index is 12.8. The molecule has 190 valence electrons. The van der Waals surface area contributed by atoms with Crippen molar-refractivity contribution in [3.8, 4) is 17.1 Å². The van der Waals surface area contributed by atoms with Crippen LogP contribution in [-0.2, 0) is 9.59 Å². The summed E-state index contributed by atoms with van der Waals surface area (Å²) >= 11 is 12.3. The number of hydrogen-bond donors (Lipinski definition) is 2. The van der Waals surface area contributed by atoms with Gasteiger partial charge in [0.05, 0.1) is 16.3 Å². The minimum absolute atomic E-state index is 0.166. The number of furan rings is 1. The SMILES string of the molecule is Cc1cccc(C)c1OCC(=O)N[C@H](CC(C)C)C(=O)N/N=C\c1ccc(-c2cccc(Cl)c2Cl)o1. The third-order valence-electron chi connectivity index (χ3n) is 5.33. The molecule has 7 nitrogen and oxygen atoms in total. The molecule has 0 spiro atoms. The molecule has 9 heteroatoms. The molecule has 36 heavy (non-hydrogen) atoms. The first kappa shape index (κ1) is 27.3. The largest absolute Gasteiger partial charge is 0.483 e. The fraction of sp³-hybridized carbons (Fsp3) is 0.296. The number of rotatable bonds is 10. The Morgan fingerprint density at radius 2 is 1.75 bits per heavy atom. The van der Waals surface area contributed by atoms with Gasteiger partial charge in [0.2, 0.25) is 0 Å². The summed E-state index contributed by atoms with van der Waals surface area (Å²) in [6.07, 6.45) is 1.81. The molecule has 0 aliphatic rings. The van der Waals surface area contributed by atoms with Crippen LogP contribution in [0.5, 0.6) is 5.75 Å². The van der Waals surface area contributed by atoms with E-state index in [1.165, 1.54) is 6.21 Å². The second kappa shape index (κ2) is 12.6. The number of carbonyl (C=O) groups excluding carboxylic acids is 2. The lowest BCUT2D eigenvalue weighted by Crippen LogP contribution is -2.47. The molecule has 3 aromatic rings. The fourth-order valence-electron chi connectivity index (χ4n) is 3.60. The first-order valence-corrected chi connectivity index (χ1v) is 12.3. The van der Waals surface area contributed by atoms with Gasteiger partial charge in [0, 0.05) is 5.56 Å². The lowest BCUT2D eigenvalue weighted by Gasteiger charge is -2.19. The third kappa shape index (κ3) is 7.35. The standard InChI is InChI=1S/C27H29Cl2N3O4/c1-16(2)13-22(31-24(33)15-35-26-17(3)7-5-8-18(26)4)27(34)32-30-14-19-11-12-23(36-19)20-9-6-10-21(28)25(20)29/h5-12,14,16,22H,13,15H2,1-4H3,(H,31,33)(H,32,34)/b30-14-/t22-/m1/s1. The lowest BCUT2D eigenvalue weighted by molar-refractivity contribution is -0.130. The number of aryl methyl sites for hydroxylation is 2. The molecule has 0 aliphatic heterocycles. The van der Waals surface area contributed by atoms with E-state index >= 15 is 0 Å². The van der Waals surface area contributed by atoms with Crippen LogP contribution in [0.25, 0.3) is 11.3 Å². The van der Waals surface area contributed by atoms with Crippen LogP contribution in [0, 0.1) is 19.8 Å². The predicted molar refractivity (Wildman–Crippen MR) is 143 cm³/mol. The van der Waals surface area contributed by atoms with Crippen molar-refractivity contribution >= 4 is 41.2 Å². The summed E-state index contributed by atoms with van der Waals surface area (Å²) in [5.74, 6) is 0.928. The van der Waals surface area contributed by atoms with Gasteiger partial charge >= 0.3 is 0 Å². The topological polar surface area (TPSA) is 92.9 Å². The summed E-state index contributed by atoms with van der Waals surface area (Å²) in [4.78, 5) is 25.3. The molecule has 2 N–H and O–H groups in total. The van der Waals surface area contributed by atoms with Crippen molar-refractivity contribution in [3.05, 3.63) is 75.5 Å². The number of carbonyl (C=O) groups is 2. The minimum Gasteiger partial charge on any atom is -0.483 e. The molecule has 0 saturated heterocycles. The smallest absolute Gasteiger partial charge is 0.262 e. The minimum atomic E-state index is -0.770. The van der Waals surface area contributed by atoms with E-state index in [0.29, 0.717) is 39.3 Å². The van der Waals surface area contributed by atoms with Crippen molar-refractivity contribution in [2.75, 3.05) is 6.61 Å². The number of hydrazone groups is 1.